The lowest BCUT2D eigenvalue weighted by Gasteiger charge is -2.13. The lowest BCUT2D eigenvalue weighted by atomic mass is 10.1. The van der Waals surface area contributed by atoms with Crippen molar-refractivity contribution in [1.29, 1.82) is 0 Å². The first-order chi connectivity index (χ1) is 12.5. The Labute approximate surface area is 162 Å². The standard InChI is InChI=1S/C19H21ClN4OS/c1-13(20)12-25-19-16(10-21-8-14-9-22-24(2)11-14)6-15-4-5-17(26-3)7-18(15)23-19/h4-7,9,11,21H,1,8,10,12H2,2-3H3. The van der Waals surface area contributed by atoms with Crippen LogP contribution in [0.15, 0.2) is 53.2 Å². The van der Waals surface area contributed by atoms with Crippen LogP contribution in [0.2, 0.25) is 0 Å². The number of rotatable bonds is 8. The maximum atomic E-state index is 5.86. The van der Waals surface area contributed by atoms with Gasteiger partial charge in [0, 0.05) is 52.8 Å². The molecule has 0 aliphatic rings. The molecule has 7 heteroatoms. The molecule has 2 heterocycles. The summed E-state index contributed by atoms with van der Waals surface area (Å²) in [4.78, 5) is 5.86. The molecule has 0 aliphatic heterocycles. The van der Waals surface area contributed by atoms with Gasteiger partial charge in [-0.1, -0.05) is 24.2 Å². The number of aromatic nitrogens is 3. The highest BCUT2D eigenvalue weighted by Gasteiger charge is 2.10. The Hall–Kier alpha value is -2.02. The Morgan fingerprint density at radius 2 is 2.19 bits per heavy atom. The Kier molecular flexibility index (Phi) is 6.19. The van der Waals surface area contributed by atoms with E-state index in [4.69, 9.17) is 21.3 Å². The lowest BCUT2D eigenvalue weighted by molar-refractivity contribution is 0.341. The van der Waals surface area contributed by atoms with Crippen LogP contribution < -0.4 is 10.1 Å². The zero-order valence-corrected chi connectivity index (χ0v) is 16.4. The molecule has 0 aliphatic carbocycles. The number of thioether (sulfide) groups is 1. The topological polar surface area (TPSA) is 52.0 Å². The van der Waals surface area contributed by atoms with Crippen LogP contribution in [0.25, 0.3) is 10.9 Å². The minimum Gasteiger partial charge on any atom is -0.472 e. The third-order valence-electron chi connectivity index (χ3n) is 3.83. The lowest BCUT2D eigenvalue weighted by Crippen LogP contribution is -2.14. The summed E-state index contributed by atoms with van der Waals surface area (Å²) < 4.78 is 7.57. The number of hydrogen-bond acceptors (Lipinski definition) is 5. The van der Waals surface area contributed by atoms with Crippen LogP contribution in [0.5, 0.6) is 5.88 Å². The normalized spacial score (nSPS) is 11.0. The van der Waals surface area contributed by atoms with E-state index in [1.54, 1.807) is 16.4 Å². The number of fused-ring (bicyclic) bond motifs is 1. The van der Waals surface area contributed by atoms with Crippen LogP contribution in [0, 0.1) is 0 Å². The van der Waals surface area contributed by atoms with Crippen molar-refractivity contribution < 1.29 is 4.74 Å². The largest absolute Gasteiger partial charge is 0.472 e. The SMILES string of the molecule is C=C(Cl)COc1nc2cc(SC)ccc2cc1CNCc1cnn(C)c1. The van der Waals surface area contributed by atoms with Crippen molar-refractivity contribution in [2.75, 3.05) is 12.9 Å². The van der Waals surface area contributed by atoms with Crippen molar-refractivity contribution in [2.24, 2.45) is 7.05 Å². The molecule has 2 aromatic heterocycles. The quantitative estimate of drug-likeness (QED) is 0.588. The maximum absolute atomic E-state index is 5.86. The van der Waals surface area contributed by atoms with E-state index in [0.29, 0.717) is 17.5 Å². The van der Waals surface area contributed by atoms with E-state index in [-0.39, 0.29) is 6.61 Å². The third-order valence-corrected chi connectivity index (χ3v) is 4.67. The zero-order valence-electron chi connectivity index (χ0n) is 14.8. The molecule has 3 aromatic rings. The van der Waals surface area contributed by atoms with Crippen molar-refractivity contribution in [2.45, 2.75) is 18.0 Å². The Morgan fingerprint density at radius 1 is 1.35 bits per heavy atom. The highest BCUT2D eigenvalue weighted by atomic mass is 35.5. The molecule has 0 bridgehead atoms. The molecule has 26 heavy (non-hydrogen) atoms. The number of nitrogens with one attached hydrogen (secondary N) is 1. The van der Waals surface area contributed by atoms with Crippen molar-refractivity contribution in [1.82, 2.24) is 20.1 Å². The molecule has 0 unspecified atom stereocenters. The van der Waals surface area contributed by atoms with Gasteiger partial charge in [-0.3, -0.25) is 4.68 Å². The number of benzene rings is 1. The van der Waals surface area contributed by atoms with E-state index >= 15 is 0 Å². The maximum Gasteiger partial charge on any atom is 0.218 e. The second-order valence-corrected chi connectivity index (χ2v) is 7.36. The average molecular weight is 389 g/mol. The molecular formula is C19H21ClN4OS. The van der Waals surface area contributed by atoms with Crippen LogP contribution in [0.1, 0.15) is 11.1 Å². The van der Waals surface area contributed by atoms with Crippen molar-refractivity contribution in [3.8, 4) is 5.88 Å². The van der Waals surface area contributed by atoms with Gasteiger partial charge >= 0.3 is 0 Å². The van der Waals surface area contributed by atoms with Crippen LogP contribution in [-0.2, 0) is 20.1 Å². The van der Waals surface area contributed by atoms with Gasteiger partial charge in [-0.2, -0.15) is 5.10 Å². The molecule has 136 valence electrons. The van der Waals surface area contributed by atoms with E-state index in [1.165, 1.54) is 4.90 Å². The summed E-state index contributed by atoms with van der Waals surface area (Å²) in [5.74, 6) is 0.580. The molecule has 0 radical (unpaired) electrons. The van der Waals surface area contributed by atoms with E-state index in [9.17, 15) is 0 Å². The predicted molar refractivity (Wildman–Crippen MR) is 108 cm³/mol. The molecule has 0 spiro atoms. The molecule has 0 saturated carbocycles. The van der Waals surface area contributed by atoms with Gasteiger partial charge in [0.05, 0.1) is 11.7 Å². The Balaban J connectivity index is 1.82. The molecule has 3 rings (SSSR count). The Bertz CT molecular complexity index is 925. The predicted octanol–water partition coefficient (Wildman–Crippen LogP) is 4.11. The van der Waals surface area contributed by atoms with Crippen molar-refractivity contribution in [3.05, 3.63) is 59.4 Å². The van der Waals surface area contributed by atoms with E-state index in [2.05, 4.69) is 41.3 Å². The molecule has 0 amide bonds. The van der Waals surface area contributed by atoms with Crippen LogP contribution in [-0.4, -0.2) is 27.6 Å². The highest BCUT2D eigenvalue weighted by Crippen LogP contribution is 2.26. The second kappa shape index (κ2) is 8.58. The van der Waals surface area contributed by atoms with Gasteiger partial charge in [-0.25, -0.2) is 4.98 Å². The second-order valence-electron chi connectivity index (χ2n) is 5.94. The number of aryl methyl sites for hydroxylation is 1. The number of ether oxygens (including phenoxy) is 1. The molecule has 1 aromatic carbocycles. The van der Waals surface area contributed by atoms with E-state index in [0.717, 1.165) is 28.6 Å². The fourth-order valence-corrected chi connectivity index (χ4v) is 3.09. The first-order valence-electron chi connectivity index (χ1n) is 8.17. The summed E-state index contributed by atoms with van der Waals surface area (Å²) in [7, 11) is 1.91. The van der Waals surface area contributed by atoms with Gasteiger partial charge in [0.1, 0.15) is 6.61 Å². The molecule has 0 fully saturated rings. The Morgan fingerprint density at radius 3 is 2.88 bits per heavy atom. The van der Waals surface area contributed by atoms with Crippen molar-refractivity contribution >= 4 is 34.3 Å². The number of halogens is 1. The smallest absolute Gasteiger partial charge is 0.218 e. The molecule has 1 N–H and O–H groups in total. The van der Waals surface area contributed by atoms with Crippen LogP contribution in [0.4, 0.5) is 0 Å². The van der Waals surface area contributed by atoms with E-state index in [1.807, 2.05) is 25.7 Å². The monoisotopic (exact) mass is 388 g/mol. The van der Waals surface area contributed by atoms with Gasteiger partial charge in [0.25, 0.3) is 0 Å². The summed E-state index contributed by atoms with van der Waals surface area (Å²) in [5, 5.41) is 9.12. The van der Waals surface area contributed by atoms with Gasteiger partial charge in [-0.05, 0) is 24.5 Å². The van der Waals surface area contributed by atoms with Gasteiger partial charge < -0.3 is 10.1 Å². The molecule has 5 nitrogen and oxygen atoms in total. The fourth-order valence-electron chi connectivity index (χ4n) is 2.60. The summed E-state index contributed by atoms with van der Waals surface area (Å²) >= 11 is 7.55. The minimum atomic E-state index is 0.234. The summed E-state index contributed by atoms with van der Waals surface area (Å²) in [5.41, 5.74) is 3.02. The summed E-state index contributed by atoms with van der Waals surface area (Å²) in [6, 6.07) is 8.36. The first-order valence-corrected chi connectivity index (χ1v) is 9.77. The van der Waals surface area contributed by atoms with Gasteiger partial charge in [-0.15, -0.1) is 11.8 Å². The molecule has 0 atom stereocenters. The van der Waals surface area contributed by atoms with Gasteiger partial charge in [0.15, 0.2) is 0 Å². The number of pyridine rings is 1. The fraction of sp³-hybridized carbons (Fsp3) is 0.263. The average Bonchev–Trinajstić information content (AvgIpc) is 3.04. The number of nitrogens with zero attached hydrogens (tertiary/aromatic N) is 3. The molecule has 0 saturated heterocycles. The molecular weight excluding hydrogens is 368 g/mol. The summed E-state index contributed by atoms with van der Waals surface area (Å²) in [6.45, 7) is 5.26. The first kappa shape index (κ1) is 18.8. The zero-order chi connectivity index (χ0) is 18.5. The highest BCUT2D eigenvalue weighted by molar-refractivity contribution is 7.98. The van der Waals surface area contributed by atoms with Crippen molar-refractivity contribution in [3.63, 3.8) is 0 Å². The van der Waals surface area contributed by atoms with Crippen LogP contribution in [0.3, 0.4) is 0 Å². The summed E-state index contributed by atoms with van der Waals surface area (Å²) in [6.07, 6.45) is 5.89. The third kappa shape index (κ3) is 4.78. The number of hydrogen-bond donors (Lipinski definition) is 1. The van der Waals surface area contributed by atoms with Crippen LogP contribution >= 0.6 is 23.4 Å². The minimum absolute atomic E-state index is 0.234. The van der Waals surface area contributed by atoms with E-state index < -0.39 is 0 Å². The van der Waals surface area contributed by atoms with Gasteiger partial charge in [0.2, 0.25) is 5.88 Å².